The second kappa shape index (κ2) is 8.52. The maximum absolute atomic E-state index is 13.0. The van der Waals surface area contributed by atoms with Crippen molar-refractivity contribution in [3.63, 3.8) is 0 Å². The van der Waals surface area contributed by atoms with Gasteiger partial charge in [0.2, 0.25) is 11.8 Å². The quantitative estimate of drug-likeness (QED) is 0.745. The highest BCUT2D eigenvalue weighted by molar-refractivity contribution is 6.03. The number of aliphatic hydroxyl groups excluding tert-OH is 1. The summed E-state index contributed by atoms with van der Waals surface area (Å²) in [4.78, 5) is 25.9. The van der Waals surface area contributed by atoms with Gasteiger partial charge in [0.05, 0.1) is 12.5 Å². The van der Waals surface area contributed by atoms with Crippen LogP contribution in [0.4, 0.5) is 4.39 Å². The Morgan fingerprint density at radius 1 is 1.18 bits per heavy atom. The van der Waals surface area contributed by atoms with E-state index in [4.69, 9.17) is 4.74 Å². The third kappa shape index (κ3) is 4.75. The van der Waals surface area contributed by atoms with E-state index < -0.39 is 12.0 Å². The van der Waals surface area contributed by atoms with Gasteiger partial charge in [0.25, 0.3) is 0 Å². The second-order valence-electron chi connectivity index (χ2n) is 7.31. The number of nitrogens with zero attached hydrogens (tertiary/aromatic N) is 1. The average Bonchev–Trinajstić information content (AvgIpc) is 2.90. The Hall–Kier alpha value is -2.73. The van der Waals surface area contributed by atoms with Crippen LogP contribution in [0.25, 0.3) is 0 Å². The first-order valence-corrected chi connectivity index (χ1v) is 9.30. The van der Waals surface area contributed by atoms with Crippen LogP contribution in [0, 0.1) is 25.6 Å². The van der Waals surface area contributed by atoms with Gasteiger partial charge in [0, 0.05) is 6.42 Å². The lowest BCUT2D eigenvalue weighted by molar-refractivity contribution is -0.141. The first kappa shape index (κ1) is 20.0. The number of hydrogen-bond acceptors (Lipinski definition) is 4. The highest BCUT2D eigenvalue weighted by Gasteiger charge is 2.39. The van der Waals surface area contributed by atoms with Crippen LogP contribution in [-0.2, 0) is 16.0 Å². The predicted molar refractivity (Wildman–Crippen MR) is 102 cm³/mol. The Balaban J connectivity index is 1.55. The molecule has 0 aromatic heterocycles. The molecule has 2 amide bonds. The Morgan fingerprint density at radius 2 is 1.89 bits per heavy atom. The van der Waals surface area contributed by atoms with Gasteiger partial charge < -0.3 is 9.84 Å². The van der Waals surface area contributed by atoms with Gasteiger partial charge in [0.1, 0.15) is 24.3 Å². The monoisotopic (exact) mass is 385 g/mol. The molecule has 28 heavy (non-hydrogen) atoms. The minimum absolute atomic E-state index is 0.0103. The summed E-state index contributed by atoms with van der Waals surface area (Å²) < 4.78 is 18.6. The topological polar surface area (TPSA) is 66.8 Å². The first-order valence-electron chi connectivity index (χ1n) is 9.30. The van der Waals surface area contributed by atoms with Gasteiger partial charge in [-0.05, 0) is 49.6 Å². The van der Waals surface area contributed by atoms with E-state index in [-0.39, 0.29) is 37.2 Å². The van der Waals surface area contributed by atoms with Crippen LogP contribution in [0.15, 0.2) is 42.5 Å². The average molecular weight is 385 g/mol. The molecule has 1 heterocycles. The maximum Gasteiger partial charge on any atom is 0.233 e. The first-order chi connectivity index (χ1) is 13.3. The zero-order valence-corrected chi connectivity index (χ0v) is 16.0. The number of halogens is 1. The van der Waals surface area contributed by atoms with E-state index in [9.17, 15) is 19.1 Å². The van der Waals surface area contributed by atoms with Crippen LogP contribution in [0.2, 0.25) is 0 Å². The Labute approximate surface area is 163 Å². The van der Waals surface area contributed by atoms with Gasteiger partial charge in [-0.25, -0.2) is 4.39 Å². The maximum atomic E-state index is 13.0. The van der Waals surface area contributed by atoms with E-state index in [0.717, 1.165) is 21.6 Å². The third-order valence-electron chi connectivity index (χ3n) is 4.89. The number of likely N-dealkylation sites (tertiary alicyclic amines) is 1. The molecule has 2 unspecified atom stereocenters. The van der Waals surface area contributed by atoms with Gasteiger partial charge >= 0.3 is 0 Å². The van der Waals surface area contributed by atoms with E-state index in [1.54, 1.807) is 12.1 Å². The molecule has 148 valence electrons. The molecular formula is C22H24FNO4. The molecule has 1 saturated heterocycles. The normalized spacial score (nSPS) is 17.9. The van der Waals surface area contributed by atoms with Crippen molar-refractivity contribution >= 4 is 11.8 Å². The lowest BCUT2D eigenvalue weighted by Crippen LogP contribution is -2.39. The fourth-order valence-corrected chi connectivity index (χ4v) is 3.42. The molecule has 0 spiro atoms. The van der Waals surface area contributed by atoms with E-state index >= 15 is 0 Å². The number of aryl methyl sites for hydroxylation is 2. The fraction of sp³-hybridized carbons (Fsp3) is 0.364. The van der Waals surface area contributed by atoms with Crippen LogP contribution < -0.4 is 4.74 Å². The van der Waals surface area contributed by atoms with Crippen LogP contribution in [0.5, 0.6) is 5.75 Å². The lowest BCUT2D eigenvalue weighted by atomic mass is 9.98. The molecule has 1 aliphatic heterocycles. The highest BCUT2D eigenvalue weighted by atomic mass is 19.1. The van der Waals surface area contributed by atoms with Crippen molar-refractivity contribution in [3.05, 3.63) is 65.0 Å². The van der Waals surface area contributed by atoms with Crippen molar-refractivity contribution in [1.29, 1.82) is 0 Å². The largest absolute Gasteiger partial charge is 0.491 e. The van der Waals surface area contributed by atoms with Gasteiger partial charge in [-0.1, -0.05) is 29.8 Å². The zero-order chi connectivity index (χ0) is 20.3. The number of β-amino-alcohol motifs (C(OH)–C–C–N with tert-alkyl or cyclic N) is 1. The smallest absolute Gasteiger partial charge is 0.233 e. The Bertz CT molecular complexity index is 865. The minimum Gasteiger partial charge on any atom is -0.491 e. The number of aliphatic hydroxyl groups is 1. The molecule has 2 aromatic carbocycles. The summed E-state index contributed by atoms with van der Waals surface area (Å²) in [5, 5.41) is 10.2. The van der Waals surface area contributed by atoms with E-state index in [1.165, 1.54) is 12.1 Å². The molecular weight excluding hydrogens is 361 g/mol. The van der Waals surface area contributed by atoms with Crippen molar-refractivity contribution in [2.45, 2.75) is 32.8 Å². The van der Waals surface area contributed by atoms with Crippen LogP contribution >= 0.6 is 0 Å². The van der Waals surface area contributed by atoms with E-state index in [1.807, 2.05) is 32.0 Å². The van der Waals surface area contributed by atoms with Gasteiger partial charge in [0.15, 0.2) is 0 Å². The van der Waals surface area contributed by atoms with Crippen LogP contribution in [0.1, 0.15) is 23.1 Å². The summed E-state index contributed by atoms with van der Waals surface area (Å²) in [6.07, 6.45) is -0.504. The van der Waals surface area contributed by atoms with Crippen molar-refractivity contribution in [2.75, 3.05) is 13.2 Å². The number of ether oxygens (including phenoxy) is 1. The molecule has 1 aliphatic rings. The SMILES string of the molecule is Cc1ccc(OCC(O)CN2C(=O)CC(Cc3ccc(F)cc3)C2=O)c(C)c1. The minimum atomic E-state index is -0.974. The molecule has 0 radical (unpaired) electrons. The molecule has 1 fully saturated rings. The summed E-state index contributed by atoms with van der Waals surface area (Å²) in [7, 11) is 0. The van der Waals surface area contributed by atoms with Crippen molar-refractivity contribution in [1.82, 2.24) is 4.90 Å². The number of benzene rings is 2. The van der Waals surface area contributed by atoms with Crippen molar-refractivity contribution in [2.24, 2.45) is 5.92 Å². The Kier molecular flexibility index (Phi) is 6.09. The number of carbonyl (C=O) groups excluding carboxylic acids is 2. The summed E-state index contributed by atoms with van der Waals surface area (Å²) in [6, 6.07) is 11.6. The number of rotatable bonds is 7. The molecule has 0 bridgehead atoms. The third-order valence-corrected chi connectivity index (χ3v) is 4.89. The zero-order valence-electron chi connectivity index (χ0n) is 16.0. The summed E-state index contributed by atoms with van der Waals surface area (Å²) in [6.45, 7) is 3.80. The highest BCUT2D eigenvalue weighted by Crippen LogP contribution is 2.24. The van der Waals surface area contributed by atoms with Gasteiger partial charge in [-0.2, -0.15) is 0 Å². The molecule has 1 N–H and O–H groups in total. The number of carbonyl (C=O) groups is 2. The molecule has 3 rings (SSSR count). The molecule has 5 nitrogen and oxygen atoms in total. The van der Waals surface area contributed by atoms with Gasteiger partial charge in [-0.3, -0.25) is 14.5 Å². The molecule has 6 heteroatoms. The molecule has 0 saturated carbocycles. The predicted octanol–water partition coefficient (Wildman–Crippen LogP) is 2.80. The molecule has 2 atom stereocenters. The number of amides is 2. The lowest BCUT2D eigenvalue weighted by Gasteiger charge is -2.20. The fourth-order valence-electron chi connectivity index (χ4n) is 3.42. The van der Waals surface area contributed by atoms with Crippen molar-refractivity contribution < 1.29 is 23.8 Å². The molecule has 0 aliphatic carbocycles. The molecule has 2 aromatic rings. The summed E-state index contributed by atoms with van der Waals surface area (Å²) in [5.74, 6) is -0.767. The summed E-state index contributed by atoms with van der Waals surface area (Å²) in [5.41, 5.74) is 2.87. The van der Waals surface area contributed by atoms with Gasteiger partial charge in [-0.15, -0.1) is 0 Å². The Morgan fingerprint density at radius 3 is 2.57 bits per heavy atom. The number of imide groups is 1. The number of hydrogen-bond donors (Lipinski definition) is 1. The van der Waals surface area contributed by atoms with Crippen LogP contribution in [-0.4, -0.2) is 41.1 Å². The van der Waals surface area contributed by atoms with E-state index in [2.05, 4.69) is 0 Å². The van der Waals surface area contributed by atoms with Crippen molar-refractivity contribution in [3.8, 4) is 5.75 Å². The van der Waals surface area contributed by atoms with E-state index in [0.29, 0.717) is 12.2 Å². The summed E-state index contributed by atoms with van der Waals surface area (Å²) >= 11 is 0. The standard InChI is InChI=1S/C22H24FNO4/c1-14-3-8-20(15(2)9-14)28-13-19(25)12-24-21(26)11-17(22(24)27)10-16-4-6-18(23)7-5-16/h3-9,17,19,25H,10-13H2,1-2H3. The second-order valence-corrected chi connectivity index (χ2v) is 7.31. The van der Waals surface area contributed by atoms with Crippen LogP contribution in [0.3, 0.4) is 0 Å².